The van der Waals surface area contributed by atoms with Crippen LogP contribution in [0, 0.1) is 5.82 Å². The van der Waals surface area contributed by atoms with Crippen LogP contribution in [0.5, 0.6) is 0 Å². The van der Waals surface area contributed by atoms with E-state index in [9.17, 15) is 9.18 Å². The first kappa shape index (κ1) is 26.8. The van der Waals surface area contributed by atoms with Crippen molar-refractivity contribution in [2.45, 2.75) is 64.8 Å². The molecule has 1 N–H and O–H groups in total. The van der Waals surface area contributed by atoms with E-state index >= 15 is 0 Å². The van der Waals surface area contributed by atoms with E-state index in [0.717, 1.165) is 52.0 Å². The molecule has 0 unspecified atom stereocenters. The lowest BCUT2D eigenvalue weighted by Gasteiger charge is -2.29. The van der Waals surface area contributed by atoms with E-state index in [4.69, 9.17) is 0 Å². The van der Waals surface area contributed by atoms with Gasteiger partial charge in [0.2, 0.25) is 0 Å². The molecule has 2 amide bonds. The number of fused-ring (bicyclic) bond motifs is 1. The fourth-order valence-electron chi connectivity index (χ4n) is 3.64. The van der Waals surface area contributed by atoms with Gasteiger partial charge in [-0.15, -0.1) is 0 Å². The van der Waals surface area contributed by atoms with Gasteiger partial charge in [-0.3, -0.25) is 0 Å². The molecule has 2 aromatic rings. The minimum absolute atomic E-state index is 0.0800. The highest BCUT2D eigenvalue weighted by molar-refractivity contribution is 5.74. The van der Waals surface area contributed by atoms with Crippen LogP contribution in [0.3, 0.4) is 0 Å². The van der Waals surface area contributed by atoms with Crippen LogP contribution in [0.25, 0.3) is 0 Å². The first-order valence-electron chi connectivity index (χ1n) is 12.6. The van der Waals surface area contributed by atoms with Crippen molar-refractivity contribution in [3.63, 3.8) is 0 Å². The van der Waals surface area contributed by atoms with Crippen molar-refractivity contribution in [3.8, 4) is 0 Å². The number of carbonyl (C=O) groups is 1. The Morgan fingerprint density at radius 2 is 1.58 bits per heavy atom. The summed E-state index contributed by atoms with van der Waals surface area (Å²) in [6.07, 6.45) is 10.3. The van der Waals surface area contributed by atoms with Crippen molar-refractivity contribution >= 4 is 6.03 Å². The SMILES string of the molecule is C1CCC1.CCCN(C)CCCCNC(=O)N1CCc2ccccc2C1.Fc1ccccc1. The second kappa shape index (κ2) is 16.2. The fourth-order valence-corrected chi connectivity index (χ4v) is 3.64. The Hall–Kier alpha value is -2.40. The smallest absolute Gasteiger partial charge is 0.317 e. The molecule has 1 fully saturated rings. The Kier molecular flexibility index (Phi) is 13.2. The molecule has 5 heteroatoms. The Balaban J connectivity index is 0.000000283. The first-order valence-corrected chi connectivity index (χ1v) is 12.6. The van der Waals surface area contributed by atoms with Crippen molar-refractivity contribution in [1.29, 1.82) is 0 Å². The average molecular weight is 456 g/mol. The molecule has 33 heavy (non-hydrogen) atoms. The van der Waals surface area contributed by atoms with Gasteiger partial charge in [-0.2, -0.15) is 0 Å². The summed E-state index contributed by atoms with van der Waals surface area (Å²) >= 11 is 0. The third kappa shape index (κ3) is 11.3. The summed E-state index contributed by atoms with van der Waals surface area (Å²) in [5.74, 6) is -0.178. The van der Waals surface area contributed by atoms with Gasteiger partial charge in [-0.25, -0.2) is 9.18 Å². The minimum Gasteiger partial charge on any atom is -0.338 e. The predicted octanol–water partition coefficient (Wildman–Crippen LogP) is 6.26. The molecular weight excluding hydrogens is 413 g/mol. The number of benzene rings is 2. The Morgan fingerprint density at radius 3 is 2.15 bits per heavy atom. The third-order valence-corrected chi connectivity index (χ3v) is 6.00. The van der Waals surface area contributed by atoms with Crippen molar-refractivity contribution < 1.29 is 9.18 Å². The zero-order valence-electron chi connectivity index (χ0n) is 20.6. The van der Waals surface area contributed by atoms with Crippen LogP contribution in [-0.2, 0) is 13.0 Å². The van der Waals surface area contributed by atoms with E-state index < -0.39 is 0 Å². The maximum Gasteiger partial charge on any atom is 0.317 e. The molecule has 4 nitrogen and oxygen atoms in total. The standard InChI is InChI=1S/C18H29N3O.C6H5F.C4H8/c1-3-12-20(2)13-7-6-11-19-18(22)21-14-10-16-8-4-5-9-17(16)15-21;7-6-4-2-1-3-5-6;1-2-4-3-1/h4-5,8-9H,3,6-7,10-15H2,1-2H3,(H,19,22);1-5H;1-4H2. The zero-order chi connectivity index (χ0) is 23.7. The van der Waals surface area contributed by atoms with Crippen LogP contribution in [0.1, 0.15) is 63.0 Å². The molecule has 0 spiro atoms. The minimum atomic E-state index is -0.178. The van der Waals surface area contributed by atoms with Crippen molar-refractivity contribution in [2.24, 2.45) is 0 Å². The van der Waals surface area contributed by atoms with E-state index in [2.05, 4.69) is 42.4 Å². The molecule has 1 heterocycles. The van der Waals surface area contributed by atoms with Gasteiger partial charge >= 0.3 is 6.03 Å². The number of nitrogens with one attached hydrogen (secondary N) is 1. The maximum absolute atomic E-state index is 12.2. The van der Waals surface area contributed by atoms with Gasteiger partial charge in [-0.1, -0.05) is 75.1 Å². The van der Waals surface area contributed by atoms with Gasteiger partial charge in [0.1, 0.15) is 5.82 Å². The first-order chi connectivity index (χ1) is 16.1. The van der Waals surface area contributed by atoms with Crippen molar-refractivity contribution in [1.82, 2.24) is 15.1 Å². The van der Waals surface area contributed by atoms with E-state index in [1.54, 1.807) is 18.2 Å². The number of nitrogens with zero attached hydrogens (tertiary/aromatic N) is 2. The van der Waals surface area contributed by atoms with Crippen LogP contribution >= 0.6 is 0 Å². The van der Waals surface area contributed by atoms with Gasteiger partial charge in [0.25, 0.3) is 0 Å². The molecule has 182 valence electrons. The molecule has 1 aliphatic carbocycles. The molecule has 0 atom stereocenters. The summed E-state index contributed by atoms with van der Waals surface area (Å²) in [4.78, 5) is 16.5. The van der Waals surface area contributed by atoms with Gasteiger partial charge in [0.15, 0.2) is 0 Å². The fraction of sp³-hybridized carbons (Fsp3) is 0.536. The predicted molar refractivity (Wildman–Crippen MR) is 136 cm³/mol. The molecule has 1 aliphatic heterocycles. The Morgan fingerprint density at radius 1 is 0.939 bits per heavy atom. The summed E-state index contributed by atoms with van der Waals surface area (Å²) < 4.78 is 11.9. The Labute approximate surface area is 200 Å². The third-order valence-electron chi connectivity index (χ3n) is 6.00. The molecule has 2 aliphatic rings. The molecule has 2 aromatic carbocycles. The number of hydrogen-bond acceptors (Lipinski definition) is 2. The summed E-state index contributed by atoms with van der Waals surface area (Å²) in [7, 11) is 2.16. The number of halogens is 1. The second-order valence-electron chi connectivity index (χ2n) is 8.89. The number of urea groups is 1. The van der Waals surface area contributed by atoms with Gasteiger partial charge < -0.3 is 15.1 Å². The van der Waals surface area contributed by atoms with E-state index in [-0.39, 0.29) is 11.8 Å². The second-order valence-corrected chi connectivity index (χ2v) is 8.89. The van der Waals surface area contributed by atoms with Gasteiger partial charge in [-0.05, 0) is 69.1 Å². The largest absolute Gasteiger partial charge is 0.338 e. The number of rotatable bonds is 7. The molecular formula is C28H42FN3O. The highest BCUT2D eigenvalue weighted by Gasteiger charge is 2.19. The summed E-state index contributed by atoms with van der Waals surface area (Å²) in [5.41, 5.74) is 2.66. The quantitative estimate of drug-likeness (QED) is 0.500. The van der Waals surface area contributed by atoms with Crippen LogP contribution in [0.15, 0.2) is 54.6 Å². The number of amides is 2. The molecule has 0 radical (unpaired) electrons. The summed E-state index contributed by atoms with van der Waals surface area (Å²) in [6.45, 7) is 6.80. The molecule has 4 rings (SSSR count). The monoisotopic (exact) mass is 455 g/mol. The zero-order valence-corrected chi connectivity index (χ0v) is 20.6. The van der Waals surface area contributed by atoms with Crippen molar-refractivity contribution in [3.05, 3.63) is 71.5 Å². The number of hydrogen-bond donors (Lipinski definition) is 1. The molecule has 0 bridgehead atoms. The highest BCUT2D eigenvalue weighted by atomic mass is 19.1. The summed E-state index contributed by atoms with van der Waals surface area (Å²) in [6, 6.07) is 16.4. The van der Waals surface area contributed by atoms with Crippen LogP contribution in [0.4, 0.5) is 9.18 Å². The van der Waals surface area contributed by atoms with Crippen molar-refractivity contribution in [2.75, 3.05) is 33.2 Å². The number of carbonyl (C=O) groups excluding carboxylic acids is 1. The van der Waals surface area contributed by atoms with Crippen LogP contribution < -0.4 is 5.32 Å². The van der Waals surface area contributed by atoms with Gasteiger partial charge in [0.05, 0.1) is 0 Å². The average Bonchev–Trinajstić information content (AvgIpc) is 2.78. The summed E-state index contributed by atoms with van der Waals surface area (Å²) in [5, 5.41) is 3.06. The van der Waals surface area contributed by atoms with Crippen LogP contribution in [-0.4, -0.2) is 49.1 Å². The highest BCUT2D eigenvalue weighted by Crippen LogP contribution is 2.18. The van der Waals surface area contributed by atoms with Crippen LogP contribution in [0.2, 0.25) is 0 Å². The molecule has 1 saturated carbocycles. The Bertz CT molecular complexity index is 776. The van der Waals surface area contributed by atoms with E-state index in [1.165, 1.54) is 55.4 Å². The van der Waals surface area contributed by atoms with Gasteiger partial charge in [0, 0.05) is 19.6 Å². The maximum atomic E-state index is 12.2. The molecule has 0 saturated heterocycles. The normalized spacial score (nSPS) is 14.1. The lowest BCUT2D eigenvalue weighted by atomic mass is 10.0. The topological polar surface area (TPSA) is 35.6 Å². The van der Waals surface area contributed by atoms with E-state index in [1.807, 2.05) is 11.0 Å². The number of unbranched alkanes of at least 4 members (excludes halogenated alkanes) is 1. The lowest BCUT2D eigenvalue weighted by Crippen LogP contribution is -2.43. The lowest BCUT2D eigenvalue weighted by molar-refractivity contribution is 0.192. The molecule has 0 aromatic heterocycles. The van der Waals surface area contributed by atoms with E-state index in [0.29, 0.717) is 0 Å².